The van der Waals surface area contributed by atoms with E-state index in [4.69, 9.17) is 0 Å². The van der Waals surface area contributed by atoms with Crippen molar-refractivity contribution in [3.05, 3.63) is 80.8 Å². The van der Waals surface area contributed by atoms with Crippen molar-refractivity contribution >= 4 is 23.0 Å². The van der Waals surface area contributed by atoms with E-state index in [2.05, 4.69) is 24.4 Å². The number of benzene rings is 2. The first-order chi connectivity index (χ1) is 16.2. The molecular weight excluding hydrogens is 445 g/mol. The van der Waals surface area contributed by atoms with E-state index in [-0.39, 0.29) is 23.7 Å². The Morgan fingerprint density at radius 3 is 2.35 bits per heavy atom. The minimum atomic E-state index is -0.241. The maximum Gasteiger partial charge on any atom is 0.252 e. The van der Waals surface area contributed by atoms with Crippen molar-refractivity contribution < 1.29 is 14.0 Å². The van der Waals surface area contributed by atoms with Gasteiger partial charge in [0.15, 0.2) is 0 Å². The molecular formula is C29H30FNO2S. The fourth-order valence-corrected chi connectivity index (χ4v) is 6.95. The van der Waals surface area contributed by atoms with Gasteiger partial charge in [-0.05, 0) is 92.7 Å². The van der Waals surface area contributed by atoms with Gasteiger partial charge in [0.1, 0.15) is 11.6 Å². The molecule has 0 bridgehead atoms. The third kappa shape index (κ3) is 4.34. The fourth-order valence-electron chi connectivity index (χ4n) is 5.88. The van der Waals surface area contributed by atoms with Gasteiger partial charge in [-0.25, -0.2) is 4.39 Å². The zero-order chi connectivity index (χ0) is 24.0. The minimum Gasteiger partial charge on any atom is -0.349 e. The summed E-state index contributed by atoms with van der Waals surface area (Å²) in [5, 5.41) is 3.26. The number of hydrogen-bond acceptors (Lipinski definition) is 3. The molecule has 1 heterocycles. The van der Waals surface area contributed by atoms with E-state index in [0.717, 1.165) is 58.4 Å². The molecule has 0 aliphatic heterocycles. The van der Waals surface area contributed by atoms with Crippen molar-refractivity contribution in [2.75, 3.05) is 0 Å². The summed E-state index contributed by atoms with van der Waals surface area (Å²) in [6.07, 6.45) is 4.64. The molecule has 0 atom stereocenters. The normalized spacial score (nSPS) is 23.3. The standard InChI is InChI=1S/C29H30FNO2S/c1-17(32)23-13-29(14-23)15-25(16-29)31-28(33)27-19(3)34-18(2)26(27)11-20-7-9-21(10-8-20)22-5-4-6-24(30)12-22/h4-10,12,23,25H,11,13-16H2,1-3H3,(H,31,33). The number of carbonyl (C=O) groups excluding carboxylic acids is 2. The lowest BCUT2D eigenvalue weighted by atomic mass is 9.49. The second kappa shape index (κ2) is 8.77. The van der Waals surface area contributed by atoms with Gasteiger partial charge < -0.3 is 5.32 Å². The maximum absolute atomic E-state index is 13.6. The van der Waals surface area contributed by atoms with E-state index in [1.54, 1.807) is 24.3 Å². The molecule has 34 heavy (non-hydrogen) atoms. The number of carbonyl (C=O) groups is 2. The minimum absolute atomic E-state index is 0.0236. The van der Waals surface area contributed by atoms with Crippen LogP contribution < -0.4 is 5.32 Å². The third-order valence-corrected chi connectivity index (χ3v) is 8.80. The Morgan fingerprint density at radius 1 is 1.00 bits per heavy atom. The third-order valence-electron chi connectivity index (χ3n) is 7.73. The molecule has 1 amide bonds. The van der Waals surface area contributed by atoms with Crippen LogP contribution in [0.15, 0.2) is 48.5 Å². The summed E-state index contributed by atoms with van der Waals surface area (Å²) in [5.74, 6) is 0.318. The molecule has 1 aromatic heterocycles. The largest absolute Gasteiger partial charge is 0.349 e. The topological polar surface area (TPSA) is 46.2 Å². The van der Waals surface area contributed by atoms with Crippen molar-refractivity contribution in [2.24, 2.45) is 11.3 Å². The van der Waals surface area contributed by atoms with E-state index in [1.807, 2.05) is 25.1 Å². The molecule has 3 aromatic rings. The summed E-state index contributed by atoms with van der Waals surface area (Å²) in [7, 11) is 0. The lowest BCUT2D eigenvalue weighted by Gasteiger charge is -2.57. The highest BCUT2D eigenvalue weighted by Gasteiger charge is 2.54. The molecule has 0 unspecified atom stereocenters. The van der Waals surface area contributed by atoms with Gasteiger partial charge in [-0.1, -0.05) is 36.4 Å². The number of rotatable bonds is 6. The average Bonchev–Trinajstić information content (AvgIpc) is 3.01. The van der Waals surface area contributed by atoms with Gasteiger partial charge in [-0.3, -0.25) is 9.59 Å². The highest BCUT2D eigenvalue weighted by molar-refractivity contribution is 7.12. The molecule has 5 rings (SSSR count). The van der Waals surface area contributed by atoms with Crippen LogP contribution in [0.3, 0.4) is 0 Å². The van der Waals surface area contributed by atoms with Crippen LogP contribution in [0.25, 0.3) is 11.1 Å². The summed E-state index contributed by atoms with van der Waals surface area (Å²) < 4.78 is 13.6. The molecule has 0 saturated heterocycles. The van der Waals surface area contributed by atoms with Gasteiger partial charge in [0, 0.05) is 21.7 Å². The monoisotopic (exact) mass is 475 g/mol. The van der Waals surface area contributed by atoms with E-state index < -0.39 is 0 Å². The molecule has 5 heteroatoms. The van der Waals surface area contributed by atoms with E-state index in [1.165, 1.54) is 17.0 Å². The first-order valence-corrected chi connectivity index (χ1v) is 12.8. The van der Waals surface area contributed by atoms with Crippen molar-refractivity contribution in [3.63, 3.8) is 0 Å². The zero-order valence-corrected chi connectivity index (χ0v) is 20.7. The van der Waals surface area contributed by atoms with E-state index in [9.17, 15) is 14.0 Å². The number of nitrogens with one attached hydrogen (secondary N) is 1. The summed E-state index contributed by atoms with van der Waals surface area (Å²) >= 11 is 1.68. The zero-order valence-electron chi connectivity index (χ0n) is 19.9. The molecule has 2 aliphatic carbocycles. The fraction of sp³-hybridized carbons (Fsp3) is 0.379. The maximum atomic E-state index is 13.6. The number of aryl methyl sites for hydroxylation is 2. The number of ketones is 1. The van der Waals surface area contributed by atoms with Crippen LogP contribution in [-0.4, -0.2) is 17.7 Å². The second-order valence-corrected chi connectivity index (χ2v) is 11.7. The molecule has 0 radical (unpaired) electrons. The highest BCUT2D eigenvalue weighted by atomic mass is 32.1. The van der Waals surface area contributed by atoms with Gasteiger partial charge >= 0.3 is 0 Å². The van der Waals surface area contributed by atoms with Crippen LogP contribution in [0.5, 0.6) is 0 Å². The van der Waals surface area contributed by atoms with Crippen molar-refractivity contribution in [1.29, 1.82) is 0 Å². The molecule has 3 nitrogen and oxygen atoms in total. The highest BCUT2D eigenvalue weighted by Crippen LogP contribution is 2.58. The van der Waals surface area contributed by atoms with E-state index in [0.29, 0.717) is 17.6 Å². The first-order valence-electron chi connectivity index (χ1n) is 12.0. The van der Waals surface area contributed by atoms with Crippen LogP contribution in [0.1, 0.15) is 63.8 Å². The first kappa shape index (κ1) is 23.0. The number of amides is 1. The average molecular weight is 476 g/mol. The summed E-state index contributed by atoms with van der Waals surface area (Å²) in [6.45, 7) is 5.79. The number of hydrogen-bond donors (Lipinski definition) is 1. The predicted molar refractivity (Wildman–Crippen MR) is 135 cm³/mol. The van der Waals surface area contributed by atoms with Crippen LogP contribution in [-0.2, 0) is 11.2 Å². The van der Waals surface area contributed by atoms with Gasteiger partial charge in [-0.15, -0.1) is 11.3 Å². The van der Waals surface area contributed by atoms with Crippen molar-refractivity contribution in [2.45, 2.75) is 58.9 Å². The van der Waals surface area contributed by atoms with Crippen LogP contribution in [0.4, 0.5) is 4.39 Å². The second-order valence-electron chi connectivity index (χ2n) is 10.2. The Morgan fingerprint density at radius 2 is 1.71 bits per heavy atom. The predicted octanol–water partition coefficient (Wildman–Crippen LogP) is 6.64. The Labute approximate surface area is 204 Å². The van der Waals surface area contributed by atoms with Crippen molar-refractivity contribution in [3.8, 4) is 11.1 Å². The van der Waals surface area contributed by atoms with Crippen molar-refractivity contribution in [1.82, 2.24) is 5.32 Å². The lowest BCUT2D eigenvalue weighted by Crippen LogP contribution is -2.57. The Kier molecular flexibility index (Phi) is 5.93. The van der Waals surface area contributed by atoms with Gasteiger partial charge in [0.25, 0.3) is 5.91 Å². The van der Waals surface area contributed by atoms with Crippen LogP contribution in [0, 0.1) is 31.0 Å². The van der Waals surface area contributed by atoms with Gasteiger partial charge in [0.05, 0.1) is 5.56 Å². The molecule has 1 spiro atoms. The number of halogens is 1. The molecule has 2 aliphatic rings. The molecule has 2 saturated carbocycles. The van der Waals surface area contributed by atoms with Gasteiger partial charge in [-0.2, -0.15) is 0 Å². The SMILES string of the molecule is CC(=O)C1CC2(CC(NC(=O)c3c(C)sc(C)c3Cc3ccc(-c4cccc(F)c4)cc3)C2)C1. The van der Waals surface area contributed by atoms with E-state index >= 15 is 0 Å². The Hall–Kier alpha value is -2.79. The summed E-state index contributed by atoms with van der Waals surface area (Å²) in [5.41, 5.74) is 5.15. The lowest BCUT2D eigenvalue weighted by molar-refractivity contribution is -0.134. The molecule has 2 aromatic carbocycles. The molecule has 176 valence electrons. The Bertz CT molecular complexity index is 1250. The Balaban J connectivity index is 1.26. The number of thiophene rings is 1. The molecule has 2 fully saturated rings. The van der Waals surface area contributed by atoms with Crippen LogP contribution >= 0.6 is 11.3 Å². The number of Topliss-reactive ketones (excluding diaryl/α,β-unsaturated/α-hetero) is 1. The molecule has 1 N–H and O–H groups in total. The van der Waals surface area contributed by atoms with Crippen LogP contribution in [0.2, 0.25) is 0 Å². The van der Waals surface area contributed by atoms with Gasteiger partial charge in [0.2, 0.25) is 0 Å². The summed E-state index contributed by atoms with van der Waals surface area (Å²) in [4.78, 5) is 27.0. The smallest absolute Gasteiger partial charge is 0.252 e. The quantitative estimate of drug-likeness (QED) is 0.434. The summed E-state index contributed by atoms with van der Waals surface area (Å²) in [6, 6.07) is 15.0.